The number of likely N-dealkylation sites (N-methyl/N-ethyl adjacent to an activating group) is 1. The van der Waals surface area contributed by atoms with Crippen LogP contribution in [0.3, 0.4) is 0 Å². The molecule has 0 spiro atoms. The third kappa shape index (κ3) is 6.90. The van der Waals surface area contributed by atoms with Crippen molar-refractivity contribution in [1.82, 2.24) is 15.5 Å². The van der Waals surface area contributed by atoms with E-state index in [4.69, 9.17) is 21.1 Å². The number of rotatable bonds is 7. The van der Waals surface area contributed by atoms with Crippen LogP contribution in [-0.2, 0) is 4.74 Å². The lowest BCUT2D eigenvalue weighted by Gasteiger charge is -2.29. The van der Waals surface area contributed by atoms with Gasteiger partial charge < -0.3 is 29.9 Å². The van der Waals surface area contributed by atoms with E-state index in [2.05, 4.69) is 15.5 Å². The van der Waals surface area contributed by atoms with Crippen molar-refractivity contribution in [1.29, 1.82) is 0 Å². The molecule has 1 unspecified atom stereocenters. The number of carbonyl (C=O) groups excluding carboxylic acids is 2. The topological polar surface area (TPSA) is 83.1 Å². The second kappa shape index (κ2) is 10.6. The lowest BCUT2D eigenvalue weighted by Crippen LogP contribution is -2.36. The summed E-state index contributed by atoms with van der Waals surface area (Å²) in [5, 5.41) is 6.38. The highest BCUT2D eigenvalue weighted by atomic mass is 35.5. The lowest BCUT2D eigenvalue weighted by molar-refractivity contribution is 0.0519. The number of amides is 2. The van der Waals surface area contributed by atoms with Crippen molar-refractivity contribution in [2.75, 3.05) is 57.8 Å². The highest BCUT2D eigenvalue weighted by molar-refractivity contribution is 6.31. The predicted octanol–water partition coefficient (Wildman–Crippen LogP) is 3.14. The third-order valence-corrected chi connectivity index (χ3v) is 5.82. The fourth-order valence-electron chi connectivity index (χ4n) is 4.01. The molecule has 1 saturated heterocycles. The third-order valence-electron chi connectivity index (χ3n) is 5.60. The molecule has 2 amide bonds. The SMILES string of the molecule is CN1CCOc2c(C(=O)NCCCN3CCC(CNC(=O)OC(C)(C)C)C3)cc(Cl)cc21. The quantitative estimate of drug-likeness (QED) is 0.601. The van der Waals surface area contributed by atoms with Crippen LogP contribution in [0.25, 0.3) is 0 Å². The minimum atomic E-state index is -0.483. The van der Waals surface area contributed by atoms with Crippen LogP contribution in [0, 0.1) is 5.92 Å². The van der Waals surface area contributed by atoms with E-state index in [-0.39, 0.29) is 12.0 Å². The van der Waals surface area contributed by atoms with E-state index in [0.29, 0.717) is 41.9 Å². The molecule has 2 aliphatic rings. The summed E-state index contributed by atoms with van der Waals surface area (Å²) in [6.45, 7) is 10.9. The van der Waals surface area contributed by atoms with Gasteiger partial charge in [-0.1, -0.05) is 11.6 Å². The van der Waals surface area contributed by atoms with E-state index < -0.39 is 5.60 Å². The molecule has 3 rings (SSSR count). The molecular formula is C23H35ClN4O4. The van der Waals surface area contributed by atoms with Crippen molar-refractivity contribution < 1.29 is 19.1 Å². The number of hydrogen-bond donors (Lipinski definition) is 2. The summed E-state index contributed by atoms with van der Waals surface area (Å²) in [5.74, 6) is 0.852. The molecule has 1 fully saturated rings. The fourth-order valence-corrected chi connectivity index (χ4v) is 4.22. The van der Waals surface area contributed by atoms with Crippen LogP contribution in [0.4, 0.5) is 10.5 Å². The second-order valence-corrected chi connectivity index (χ2v) is 9.96. The van der Waals surface area contributed by atoms with E-state index in [9.17, 15) is 9.59 Å². The van der Waals surface area contributed by atoms with Gasteiger partial charge in [0, 0.05) is 31.7 Å². The summed E-state index contributed by atoms with van der Waals surface area (Å²) >= 11 is 6.23. The number of ether oxygens (including phenoxy) is 2. The number of likely N-dealkylation sites (tertiary alicyclic amines) is 1. The Morgan fingerprint density at radius 3 is 2.78 bits per heavy atom. The number of nitrogens with zero attached hydrogens (tertiary/aromatic N) is 2. The largest absolute Gasteiger partial charge is 0.489 e. The van der Waals surface area contributed by atoms with Gasteiger partial charge in [0.25, 0.3) is 5.91 Å². The zero-order valence-electron chi connectivity index (χ0n) is 19.5. The van der Waals surface area contributed by atoms with Crippen molar-refractivity contribution in [2.24, 2.45) is 5.92 Å². The summed E-state index contributed by atoms with van der Waals surface area (Å²) in [7, 11) is 1.96. The summed E-state index contributed by atoms with van der Waals surface area (Å²) in [6.07, 6.45) is 1.53. The first kappa shape index (κ1) is 24.5. The molecule has 0 saturated carbocycles. The molecule has 1 aromatic rings. The molecule has 0 radical (unpaired) electrons. The normalized spacial score (nSPS) is 18.7. The molecule has 8 nitrogen and oxygen atoms in total. The van der Waals surface area contributed by atoms with E-state index in [0.717, 1.165) is 44.7 Å². The van der Waals surface area contributed by atoms with Gasteiger partial charge in [-0.2, -0.15) is 0 Å². The number of hydrogen-bond acceptors (Lipinski definition) is 6. The molecule has 0 aromatic heterocycles. The second-order valence-electron chi connectivity index (χ2n) is 9.52. The Kier molecular flexibility index (Phi) is 8.11. The lowest BCUT2D eigenvalue weighted by atomic mass is 10.1. The van der Waals surface area contributed by atoms with Gasteiger partial charge in [-0.15, -0.1) is 0 Å². The monoisotopic (exact) mass is 466 g/mol. The maximum absolute atomic E-state index is 12.7. The van der Waals surface area contributed by atoms with Crippen molar-refractivity contribution in [3.8, 4) is 5.75 Å². The van der Waals surface area contributed by atoms with E-state index in [1.54, 1.807) is 6.07 Å². The number of halogens is 1. The highest BCUT2D eigenvalue weighted by Gasteiger charge is 2.25. The summed E-state index contributed by atoms with van der Waals surface area (Å²) < 4.78 is 11.0. The predicted molar refractivity (Wildman–Crippen MR) is 126 cm³/mol. The zero-order chi connectivity index (χ0) is 23.3. The Bertz CT molecular complexity index is 827. The van der Waals surface area contributed by atoms with Crippen molar-refractivity contribution in [3.05, 3.63) is 22.7 Å². The van der Waals surface area contributed by atoms with Crippen molar-refractivity contribution in [3.63, 3.8) is 0 Å². The summed E-state index contributed by atoms with van der Waals surface area (Å²) in [5.41, 5.74) is 0.841. The number of benzene rings is 1. The smallest absolute Gasteiger partial charge is 0.407 e. The van der Waals surface area contributed by atoms with E-state index in [1.165, 1.54) is 0 Å². The van der Waals surface area contributed by atoms with Crippen LogP contribution in [0.2, 0.25) is 5.02 Å². The van der Waals surface area contributed by atoms with Crippen LogP contribution in [-0.4, -0.2) is 75.4 Å². The van der Waals surface area contributed by atoms with Gasteiger partial charge in [0.15, 0.2) is 5.75 Å². The van der Waals surface area contributed by atoms with Crippen LogP contribution < -0.4 is 20.3 Å². The first-order valence-corrected chi connectivity index (χ1v) is 11.6. The fraction of sp³-hybridized carbons (Fsp3) is 0.652. The minimum absolute atomic E-state index is 0.167. The maximum Gasteiger partial charge on any atom is 0.407 e. The van der Waals surface area contributed by atoms with Crippen LogP contribution in [0.15, 0.2) is 12.1 Å². The standard InChI is InChI=1S/C23H35ClN4O4/c1-23(2,3)32-22(30)26-14-16-6-9-28(15-16)8-5-7-25-21(29)18-12-17(24)13-19-20(18)31-11-10-27(19)4/h12-13,16H,5-11,14-15H2,1-4H3,(H,25,29)(H,26,30). The van der Waals surface area contributed by atoms with Gasteiger partial charge >= 0.3 is 6.09 Å². The highest BCUT2D eigenvalue weighted by Crippen LogP contribution is 2.37. The van der Waals surface area contributed by atoms with Gasteiger partial charge in [-0.25, -0.2) is 4.79 Å². The Morgan fingerprint density at radius 2 is 2.03 bits per heavy atom. The molecule has 2 heterocycles. The van der Waals surface area contributed by atoms with Gasteiger partial charge in [0.05, 0.1) is 17.8 Å². The van der Waals surface area contributed by atoms with Gasteiger partial charge in [-0.3, -0.25) is 4.79 Å². The van der Waals surface area contributed by atoms with Gasteiger partial charge in [0.1, 0.15) is 12.2 Å². The number of alkyl carbamates (subject to hydrolysis) is 1. The Balaban J connectivity index is 1.38. The first-order chi connectivity index (χ1) is 15.1. The Morgan fingerprint density at radius 1 is 1.25 bits per heavy atom. The van der Waals surface area contributed by atoms with Crippen LogP contribution >= 0.6 is 11.6 Å². The molecule has 0 bridgehead atoms. The molecule has 1 aromatic carbocycles. The number of anilines is 1. The van der Waals surface area contributed by atoms with Gasteiger partial charge in [0.2, 0.25) is 0 Å². The summed E-state index contributed by atoms with van der Waals surface area (Å²) in [6, 6.07) is 3.49. The first-order valence-electron chi connectivity index (χ1n) is 11.3. The summed E-state index contributed by atoms with van der Waals surface area (Å²) in [4.78, 5) is 29.0. The molecule has 9 heteroatoms. The van der Waals surface area contributed by atoms with Crippen LogP contribution in [0.1, 0.15) is 44.0 Å². The molecule has 2 N–H and O–H groups in total. The van der Waals surface area contributed by atoms with Crippen molar-refractivity contribution in [2.45, 2.75) is 39.2 Å². The number of fused-ring (bicyclic) bond motifs is 1. The van der Waals surface area contributed by atoms with E-state index in [1.807, 2.05) is 38.8 Å². The molecule has 1 atom stereocenters. The van der Waals surface area contributed by atoms with Gasteiger partial charge in [-0.05, 0) is 64.8 Å². The number of nitrogens with one attached hydrogen (secondary N) is 2. The number of carbonyl (C=O) groups is 2. The average Bonchev–Trinajstić information content (AvgIpc) is 3.16. The molecular weight excluding hydrogens is 432 g/mol. The van der Waals surface area contributed by atoms with Crippen LogP contribution in [0.5, 0.6) is 5.75 Å². The maximum atomic E-state index is 12.7. The average molecular weight is 467 g/mol. The molecule has 32 heavy (non-hydrogen) atoms. The molecule has 178 valence electrons. The minimum Gasteiger partial charge on any atom is -0.489 e. The van der Waals surface area contributed by atoms with E-state index >= 15 is 0 Å². The molecule has 2 aliphatic heterocycles. The Labute approximate surface area is 195 Å². The zero-order valence-corrected chi connectivity index (χ0v) is 20.3. The Hall–Kier alpha value is -2.19. The molecule has 0 aliphatic carbocycles. The van der Waals surface area contributed by atoms with Crippen molar-refractivity contribution >= 4 is 29.3 Å².